The highest BCUT2D eigenvalue weighted by Crippen LogP contribution is 2.35. The molecule has 2 aliphatic heterocycles. The molecule has 1 fully saturated rings. The average molecular weight is 424 g/mol. The predicted octanol–water partition coefficient (Wildman–Crippen LogP) is 2.81. The summed E-state index contributed by atoms with van der Waals surface area (Å²) in [6.45, 7) is 6.74. The van der Waals surface area contributed by atoms with Gasteiger partial charge in [0.2, 0.25) is 0 Å². The molecule has 0 aliphatic carbocycles. The van der Waals surface area contributed by atoms with E-state index in [1.807, 2.05) is 17.6 Å². The van der Waals surface area contributed by atoms with Crippen molar-refractivity contribution in [2.45, 2.75) is 45.4 Å². The number of fused-ring (bicyclic) bond motifs is 3. The topological polar surface area (TPSA) is 58.9 Å². The van der Waals surface area contributed by atoms with Gasteiger partial charge in [0, 0.05) is 36.4 Å². The fraction of sp³-hybridized carbons (Fsp3) is 0.480. The summed E-state index contributed by atoms with van der Waals surface area (Å²) in [6, 6.07) is 7.82. The van der Waals surface area contributed by atoms with Crippen LogP contribution in [0, 0.1) is 11.8 Å². The molecule has 2 atom stereocenters. The molecular formula is C25H29NO5. The van der Waals surface area contributed by atoms with Crippen molar-refractivity contribution in [1.29, 1.82) is 0 Å². The van der Waals surface area contributed by atoms with Crippen LogP contribution in [0.15, 0.2) is 29.1 Å². The van der Waals surface area contributed by atoms with Crippen LogP contribution in [0.1, 0.15) is 30.5 Å². The quantitative estimate of drug-likeness (QED) is 0.693. The van der Waals surface area contributed by atoms with Gasteiger partial charge in [0.05, 0.1) is 25.5 Å². The largest absolute Gasteiger partial charge is 0.490 e. The molecule has 2 aliphatic rings. The van der Waals surface area contributed by atoms with Crippen molar-refractivity contribution in [3.05, 3.63) is 51.3 Å². The van der Waals surface area contributed by atoms with E-state index in [-0.39, 0.29) is 17.8 Å². The van der Waals surface area contributed by atoms with Crippen molar-refractivity contribution in [2.75, 3.05) is 33.5 Å². The van der Waals surface area contributed by atoms with Crippen molar-refractivity contribution >= 4 is 0 Å². The lowest BCUT2D eigenvalue weighted by Gasteiger charge is -2.27. The number of aryl methyl sites for hydroxylation is 1. The third-order valence-corrected chi connectivity index (χ3v) is 5.78. The third-order valence-electron chi connectivity index (χ3n) is 5.78. The SMILES string of the molecule is CCc1c(OC[C@@H]2COCCO2)cc(=O)n2c1-c1ccc(C#CC(C)OC)cc1CC2. The van der Waals surface area contributed by atoms with Crippen molar-refractivity contribution in [3.8, 4) is 28.8 Å². The minimum Gasteiger partial charge on any atom is -0.490 e. The fourth-order valence-electron chi connectivity index (χ4n) is 4.07. The molecule has 0 N–H and O–H groups in total. The Morgan fingerprint density at radius 2 is 2.16 bits per heavy atom. The van der Waals surface area contributed by atoms with Crippen molar-refractivity contribution < 1.29 is 18.9 Å². The van der Waals surface area contributed by atoms with E-state index in [0.29, 0.717) is 38.7 Å². The van der Waals surface area contributed by atoms with E-state index in [1.54, 1.807) is 13.2 Å². The molecule has 0 radical (unpaired) electrons. The molecule has 6 heteroatoms. The highest BCUT2D eigenvalue weighted by Gasteiger charge is 2.24. The second-order valence-corrected chi connectivity index (χ2v) is 7.83. The van der Waals surface area contributed by atoms with Gasteiger partial charge in [0.15, 0.2) is 0 Å². The standard InChI is InChI=1S/C25H29NO5/c1-4-21-23(31-16-20-15-29-11-12-30-20)14-24(27)26-10-9-19-13-18(6-5-17(2)28-3)7-8-22(19)25(21)26/h7-8,13-14,17,20H,4,9-12,15-16H2,1-3H3/t17?,20-/m0/s1. The summed E-state index contributed by atoms with van der Waals surface area (Å²) in [4.78, 5) is 12.9. The van der Waals surface area contributed by atoms with E-state index in [2.05, 4.69) is 30.9 Å². The van der Waals surface area contributed by atoms with Gasteiger partial charge in [-0.3, -0.25) is 4.79 Å². The summed E-state index contributed by atoms with van der Waals surface area (Å²) < 4.78 is 24.3. The van der Waals surface area contributed by atoms with Crippen LogP contribution in [-0.4, -0.2) is 50.3 Å². The minimum atomic E-state index is -0.111. The fourth-order valence-corrected chi connectivity index (χ4v) is 4.07. The highest BCUT2D eigenvalue weighted by molar-refractivity contribution is 5.72. The molecule has 1 aromatic heterocycles. The van der Waals surface area contributed by atoms with Gasteiger partial charge >= 0.3 is 0 Å². The third kappa shape index (κ3) is 4.69. The molecular weight excluding hydrogens is 394 g/mol. The summed E-state index contributed by atoms with van der Waals surface area (Å²) in [5.41, 5.74) is 5.20. The van der Waals surface area contributed by atoms with Crippen molar-refractivity contribution in [1.82, 2.24) is 4.57 Å². The molecule has 2 aromatic rings. The zero-order valence-corrected chi connectivity index (χ0v) is 18.4. The van der Waals surface area contributed by atoms with Gasteiger partial charge in [-0.05, 0) is 37.5 Å². The first-order valence-corrected chi connectivity index (χ1v) is 10.9. The lowest BCUT2D eigenvalue weighted by molar-refractivity contribution is -0.101. The van der Waals surface area contributed by atoms with Crippen LogP contribution in [0.2, 0.25) is 0 Å². The van der Waals surface area contributed by atoms with E-state index in [9.17, 15) is 4.79 Å². The summed E-state index contributed by atoms with van der Waals surface area (Å²) in [5.74, 6) is 6.91. The van der Waals surface area contributed by atoms with Gasteiger partial charge in [0.25, 0.3) is 5.56 Å². The Hall–Kier alpha value is -2.59. The first-order chi connectivity index (χ1) is 15.1. The van der Waals surface area contributed by atoms with E-state index in [1.165, 1.54) is 5.56 Å². The summed E-state index contributed by atoms with van der Waals surface area (Å²) in [7, 11) is 1.65. The number of hydrogen-bond acceptors (Lipinski definition) is 5. The smallest absolute Gasteiger partial charge is 0.254 e. The number of rotatable bonds is 5. The molecule has 0 bridgehead atoms. The molecule has 3 heterocycles. The molecule has 4 rings (SSSR count). The maximum Gasteiger partial charge on any atom is 0.254 e. The second-order valence-electron chi connectivity index (χ2n) is 7.83. The van der Waals surface area contributed by atoms with Crippen molar-refractivity contribution in [2.24, 2.45) is 0 Å². The van der Waals surface area contributed by atoms with E-state index in [4.69, 9.17) is 18.9 Å². The zero-order valence-electron chi connectivity index (χ0n) is 18.4. The molecule has 0 spiro atoms. The molecule has 1 unspecified atom stereocenters. The Morgan fingerprint density at radius 1 is 1.29 bits per heavy atom. The lowest BCUT2D eigenvalue weighted by Crippen LogP contribution is -2.34. The van der Waals surface area contributed by atoms with Gasteiger partial charge < -0.3 is 23.5 Å². The van der Waals surface area contributed by atoms with Crippen LogP contribution in [-0.2, 0) is 33.6 Å². The Kier molecular flexibility index (Phi) is 6.77. The molecule has 0 saturated carbocycles. The van der Waals surface area contributed by atoms with Crippen LogP contribution in [0.4, 0.5) is 0 Å². The van der Waals surface area contributed by atoms with Gasteiger partial charge in [0.1, 0.15) is 24.6 Å². The van der Waals surface area contributed by atoms with Gasteiger partial charge in [-0.15, -0.1) is 0 Å². The first kappa shape index (κ1) is 21.6. The number of nitrogens with zero attached hydrogens (tertiary/aromatic N) is 1. The summed E-state index contributed by atoms with van der Waals surface area (Å²) in [5, 5.41) is 0. The Labute approximate surface area is 183 Å². The Morgan fingerprint density at radius 3 is 2.90 bits per heavy atom. The van der Waals surface area contributed by atoms with Crippen LogP contribution in [0.25, 0.3) is 11.3 Å². The number of benzene rings is 1. The number of methoxy groups -OCH3 is 1. The first-order valence-electron chi connectivity index (χ1n) is 10.9. The van der Waals surface area contributed by atoms with Gasteiger partial charge in [-0.1, -0.05) is 24.8 Å². The Balaban J connectivity index is 1.68. The maximum atomic E-state index is 12.9. The normalized spacial score (nSPS) is 18.4. The van der Waals surface area contributed by atoms with Gasteiger partial charge in [-0.25, -0.2) is 0 Å². The molecule has 0 amide bonds. The average Bonchev–Trinajstić information content (AvgIpc) is 2.81. The molecule has 31 heavy (non-hydrogen) atoms. The van der Waals surface area contributed by atoms with Crippen molar-refractivity contribution in [3.63, 3.8) is 0 Å². The molecule has 1 saturated heterocycles. The van der Waals surface area contributed by atoms with E-state index >= 15 is 0 Å². The highest BCUT2D eigenvalue weighted by atomic mass is 16.6. The molecule has 6 nitrogen and oxygen atoms in total. The van der Waals surface area contributed by atoms with Crippen LogP contribution >= 0.6 is 0 Å². The predicted molar refractivity (Wildman–Crippen MR) is 119 cm³/mol. The zero-order chi connectivity index (χ0) is 21.8. The van der Waals surface area contributed by atoms with Gasteiger partial charge in [-0.2, -0.15) is 0 Å². The van der Waals surface area contributed by atoms with Crippen LogP contribution in [0.3, 0.4) is 0 Å². The summed E-state index contributed by atoms with van der Waals surface area (Å²) in [6.07, 6.45) is 1.34. The minimum absolute atomic E-state index is 0.0357. The lowest BCUT2D eigenvalue weighted by atomic mass is 9.91. The number of pyridine rings is 1. The maximum absolute atomic E-state index is 12.9. The Bertz CT molecular complexity index is 1060. The van der Waals surface area contributed by atoms with Crippen LogP contribution in [0.5, 0.6) is 5.75 Å². The summed E-state index contributed by atoms with van der Waals surface area (Å²) >= 11 is 0. The number of ether oxygens (including phenoxy) is 4. The van der Waals surface area contributed by atoms with Crippen LogP contribution < -0.4 is 10.3 Å². The van der Waals surface area contributed by atoms with E-state index < -0.39 is 0 Å². The molecule has 1 aromatic carbocycles. The number of aromatic nitrogens is 1. The van der Waals surface area contributed by atoms with E-state index in [0.717, 1.165) is 35.2 Å². The monoisotopic (exact) mass is 423 g/mol. The number of hydrogen-bond donors (Lipinski definition) is 0. The second kappa shape index (κ2) is 9.69. The molecule has 164 valence electrons.